The highest BCUT2D eigenvalue weighted by Gasteiger charge is 2.22. The van der Waals surface area contributed by atoms with Gasteiger partial charge >= 0.3 is 0 Å². The number of anilines is 1. The van der Waals surface area contributed by atoms with Crippen molar-refractivity contribution in [2.45, 2.75) is 86.7 Å². The summed E-state index contributed by atoms with van der Waals surface area (Å²) >= 11 is 0. The summed E-state index contributed by atoms with van der Waals surface area (Å²) in [6.45, 7) is 22.0. The van der Waals surface area contributed by atoms with Crippen LogP contribution >= 0.6 is 0 Å². The van der Waals surface area contributed by atoms with Gasteiger partial charge in [0.1, 0.15) is 0 Å². The number of benzene rings is 1. The zero-order chi connectivity index (χ0) is 28.4. The number of guanidine groups is 1. The van der Waals surface area contributed by atoms with Gasteiger partial charge in [0.2, 0.25) is 0 Å². The summed E-state index contributed by atoms with van der Waals surface area (Å²) in [6.07, 6.45) is 4.77. The predicted octanol–water partition coefficient (Wildman–Crippen LogP) is 6.42. The third-order valence-electron chi connectivity index (χ3n) is 7.95. The molecule has 0 radical (unpaired) electrons. The van der Waals surface area contributed by atoms with Gasteiger partial charge in [0, 0.05) is 51.2 Å². The summed E-state index contributed by atoms with van der Waals surface area (Å²) in [7, 11) is 2.12. The van der Waals surface area contributed by atoms with Crippen molar-refractivity contribution in [2.24, 2.45) is 16.3 Å². The number of aryl methyl sites for hydroxylation is 3. The number of likely N-dealkylation sites (tertiary alicyclic amines) is 1. The average molecular weight is 535 g/mol. The van der Waals surface area contributed by atoms with Crippen LogP contribution in [0.2, 0.25) is 0 Å². The summed E-state index contributed by atoms with van der Waals surface area (Å²) in [5.74, 6) is 1.71. The van der Waals surface area contributed by atoms with E-state index in [-0.39, 0.29) is 0 Å². The second-order valence-corrected chi connectivity index (χ2v) is 12.8. The molecule has 2 N–H and O–H groups in total. The number of para-hydroxylation sites is 1. The summed E-state index contributed by atoms with van der Waals surface area (Å²) in [5, 5.41) is 7.39. The maximum Gasteiger partial charge on any atom is 0.198 e. The SMILES string of the molecule is Cc1ccc(C)c(CN(C)C(=NC2CCN(CCNCC(C)(C)CCC(C)C)CC2)Nc2ccccc2C)n1. The molecular weight excluding hydrogens is 480 g/mol. The third-order valence-corrected chi connectivity index (χ3v) is 7.95. The standard InChI is InChI=1S/C33H54N6/c1-25(2)15-18-33(6,7)24-34-19-22-39-20-16-29(17-21-39)36-32(37-30-12-10-9-11-26(30)3)38(8)23-31-27(4)13-14-28(5)35-31/h9-14,25,29,34H,15-24H2,1-8H3,(H,36,37). The molecule has 2 aromatic rings. The Hall–Kier alpha value is -2.44. The topological polar surface area (TPSA) is 55.8 Å². The monoisotopic (exact) mass is 534 g/mol. The second kappa shape index (κ2) is 14.8. The number of piperidine rings is 1. The van der Waals surface area contributed by atoms with Crippen LogP contribution in [0.25, 0.3) is 0 Å². The van der Waals surface area contributed by atoms with E-state index in [1.165, 1.54) is 24.0 Å². The van der Waals surface area contributed by atoms with Crippen LogP contribution in [-0.2, 0) is 6.54 Å². The van der Waals surface area contributed by atoms with Crippen molar-refractivity contribution in [1.82, 2.24) is 20.1 Å². The van der Waals surface area contributed by atoms with E-state index < -0.39 is 0 Å². The van der Waals surface area contributed by atoms with E-state index in [0.717, 1.165) is 81.1 Å². The summed E-state index contributed by atoms with van der Waals surface area (Å²) in [6, 6.07) is 13.0. The maximum absolute atomic E-state index is 5.28. The van der Waals surface area contributed by atoms with E-state index in [4.69, 9.17) is 9.98 Å². The van der Waals surface area contributed by atoms with Gasteiger partial charge in [0.05, 0.1) is 18.3 Å². The molecule has 6 nitrogen and oxygen atoms in total. The van der Waals surface area contributed by atoms with E-state index in [2.05, 4.69) is 112 Å². The summed E-state index contributed by atoms with van der Waals surface area (Å²) in [5.41, 5.74) is 6.06. The molecule has 3 rings (SSSR count). The highest BCUT2D eigenvalue weighted by molar-refractivity contribution is 5.94. The smallest absolute Gasteiger partial charge is 0.198 e. The van der Waals surface area contributed by atoms with E-state index in [9.17, 15) is 0 Å². The molecule has 0 saturated carbocycles. The summed E-state index contributed by atoms with van der Waals surface area (Å²) in [4.78, 5) is 14.9. The zero-order valence-corrected chi connectivity index (χ0v) is 26.0. The fourth-order valence-electron chi connectivity index (χ4n) is 5.08. The quantitative estimate of drug-likeness (QED) is 0.187. The molecule has 0 aliphatic carbocycles. The molecule has 1 fully saturated rings. The molecule has 6 heteroatoms. The minimum Gasteiger partial charge on any atom is -0.340 e. The number of nitrogens with zero attached hydrogens (tertiary/aromatic N) is 4. The van der Waals surface area contributed by atoms with Crippen molar-refractivity contribution in [3.8, 4) is 0 Å². The Balaban J connectivity index is 1.57. The molecule has 0 unspecified atom stereocenters. The largest absolute Gasteiger partial charge is 0.340 e. The maximum atomic E-state index is 5.28. The molecule has 1 aromatic carbocycles. The molecule has 216 valence electrons. The first-order valence-electron chi connectivity index (χ1n) is 15.0. The Morgan fingerprint density at radius 3 is 2.49 bits per heavy atom. The zero-order valence-electron chi connectivity index (χ0n) is 26.0. The first kappa shape index (κ1) is 31.1. The van der Waals surface area contributed by atoms with Gasteiger partial charge in [-0.25, -0.2) is 4.99 Å². The molecule has 0 amide bonds. The van der Waals surface area contributed by atoms with Crippen molar-refractivity contribution in [2.75, 3.05) is 45.1 Å². The van der Waals surface area contributed by atoms with Gasteiger partial charge in [-0.3, -0.25) is 4.98 Å². The Bertz CT molecular complexity index is 1050. The van der Waals surface area contributed by atoms with Crippen molar-refractivity contribution < 1.29 is 0 Å². The molecule has 1 aliphatic heterocycles. The van der Waals surface area contributed by atoms with Gasteiger partial charge in [0.25, 0.3) is 0 Å². The molecule has 1 aromatic heterocycles. The Kier molecular flexibility index (Phi) is 11.8. The van der Waals surface area contributed by atoms with Crippen LogP contribution in [0.1, 0.15) is 75.9 Å². The molecule has 2 heterocycles. The average Bonchev–Trinajstić information content (AvgIpc) is 2.89. The van der Waals surface area contributed by atoms with Gasteiger partial charge < -0.3 is 20.4 Å². The van der Waals surface area contributed by atoms with Crippen molar-refractivity contribution in [3.05, 3.63) is 58.9 Å². The highest BCUT2D eigenvalue weighted by atomic mass is 15.3. The number of hydrogen-bond acceptors (Lipinski definition) is 4. The van der Waals surface area contributed by atoms with E-state index in [1.54, 1.807) is 0 Å². The Labute approximate surface area is 238 Å². The fraction of sp³-hybridized carbons (Fsp3) is 0.636. The molecule has 0 bridgehead atoms. The highest BCUT2D eigenvalue weighted by Crippen LogP contribution is 2.24. The van der Waals surface area contributed by atoms with Crippen molar-refractivity contribution in [1.29, 1.82) is 0 Å². The number of hydrogen-bond donors (Lipinski definition) is 2. The number of aromatic nitrogens is 1. The van der Waals surface area contributed by atoms with Gasteiger partial charge in [-0.1, -0.05) is 58.4 Å². The lowest BCUT2D eigenvalue weighted by Crippen LogP contribution is -2.42. The third kappa shape index (κ3) is 10.6. The number of rotatable bonds is 12. The van der Waals surface area contributed by atoms with Crippen LogP contribution in [0.15, 0.2) is 41.4 Å². The molecule has 39 heavy (non-hydrogen) atoms. The van der Waals surface area contributed by atoms with Crippen molar-refractivity contribution in [3.63, 3.8) is 0 Å². The molecule has 1 saturated heterocycles. The van der Waals surface area contributed by atoms with Crippen LogP contribution in [0.3, 0.4) is 0 Å². The fourth-order valence-corrected chi connectivity index (χ4v) is 5.08. The molecule has 1 aliphatic rings. The van der Waals surface area contributed by atoms with Crippen LogP contribution in [0.5, 0.6) is 0 Å². The Morgan fingerprint density at radius 2 is 1.79 bits per heavy atom. The molecule has 0 spiro atoms. The molecular formula is C33H54N6. The van der Waals surface area contributed by atoms with Crippen LogP contribution in [0.4, 0.5) is 5.69 Å². The summed E-state index contributed by atoms with van der Waals surface area (Å²) < 4.78 is 0. The van der Waals surface area contributed by atoms with Crippen LogP contribution in [0, 0.1) is 32.1 Å². The van der Waals surface area contributed by atoms with Gasteiger partial charge in [-0.2, -0.15) is 0 Å². The minimum atomic E-state index is 0.324. The van der Waals surface area contributed by atoms with Gasteiger partial charge in [0.15, 0.2) is 5.96 Å². The normalized spacial score (nSPS) is 15.7. The van der Waals surface area contributed by atoms with Gasteiger partial charge in [-0.15, -0.1) is 0 Å². The van der Waals surface area contributed by atoms with E-state index in [0.29, 0.717) is 11.5 Å². The second-order valence-electron chi connectivity index (χ2n) is 12.8. The first-order chi connectivity index (χ1) is 18.5. The lowest BCUT2D eigenvalue weighted by Gasteiger charge is -2.32. The number of pyridine rings is 1. The molecule has 0 atom stereocenters. The van der Waals surface area contributed by atoms with Crippen LogP contribution in [-0.4, -0.2) is 66.6 Å². The lowest BCUT2D eigenvalue weighted by molar-refractivity contribution is 0.208. The Morgan fingerprint density at radius 1 is 1.08 bits per heavy atom. The first-order valence-corrected chi connectivity index (χ1v) is 15.0. The number of nitrogens with one attached hydrogen (secondary N) is 2. The van der Waals surface area contributed by atoms with Crippen LogP contribution < -0.4 is 10.6 Å². The minimum absolute atomic E-state index is 0.324. The van der Waals surface area contributed by atoms with Crippen molar-refractivity contribution >= 4 is 11.6 Å². The predicted molar refractivity (Wildman–Crippen MR) is 168 cm³/mol. The van der Waals surface area contributed by atoms with E-state index in [1.807, 2.05) is 0 Å². The van der Waals surface area contributed by atoms with E-state index >= 15 is 0 Å². The lowest BCUT2D eigenvalue weighted by atomic mass is 9.85. The number of aliphatic imine (C=N–C) groups is 1. The van der Waals surface area contributed by atoms with Gasteiger partial charge in [-0.05, 0) is 74.6 Å².